The van der Waals surface area contributed by atoms with Gasteiger partial charge in [-0.1, -0.05) is 32.0 Å². The first-order valence-corrected chi connectivity index (χ1v) is 4.95. The molecule has 0 aliphatic heterocycles. The molecule has 3 nitrogen and oxygen atoms in total. The highest BCUT2D eigenvalue weighted by Crippen LogP contribution is 2.21. The molecule has 2 aromatic rings. The van der Waals surface area contributed by atoms with Gasteiger partial charge in [0, 0.05) is 0 Å². The van der Waals surface area contributed by atoms with Gasteiger partial charge in [0.1, 0.15) is 0 Å². The Hall–Kier alpha value is -1.51. The van der Waals surface area contributed by atoms with Crippen molar-refractivity contribution in [3.8, 4) is 0 Å². The predicted molar refractivity (Wildman–Crippen MR) is 59.1 cm³/mol. The molecule has 2 N–H and O–H groups in total. The summed E-state index contributed by atoms with van der Waals surface area (Å²) < 4.78 is 4.97. The summed E-state index contributed by atoms with van der Waals surface area (Å²) in [6.07, 6.45) is 1.00. The van der Waals surface area contributed by atoms with E-state index in [-0.39, 0.29) is 0 Å². The number of hydrogen-bond donors (Lipinski definition) is 1. The van der Waals surface area contributed by atoms with E-state index in [4.69, 9.17) is 10.3 Å². The zero-order valence-electron chi connectivity index (χ0n) is 8.87. The molecule has 0 aliphatic rings. The first-order valence-electron chi connectivity index (χ1n) is 4.95. The van der Waals surface area contributed by atoms with Crippen molar-refractivity contribution in [2.75, 3.05) is 5.73 Å². The summed E-state index contributed by atoms with van der Waals surface area (Å²) in [6, 6.07) is 5.94. The van der Waals surface area contributed by atoms with Crippen LogP contribution in [0.5, 0.6) is 0 Å². The van der Waals surface area contributed by atoms with Crippen molar-refractivity contribution in [1.82, 2.24) is 5.16 Å². The third-order valence-corrected chi connectivity index (χ3v) is 1.97. The molecule has 0 atom stereocenters. The van der Waals surface area contributed by atoms with Crippen LogP contribution in [0.15, 0.2) is 22.7 Å². The minimum Gasteiger partial charge on any atom is -0.380 e. The lowest BCUT2D eigenvalue weighted by atomic mass is 10.1. The van der Waals surface area contributed by atoms with Crippen molar-refractivity contribution in [2.24, 2.45) is 0 Å². The third-order valence-electron chi connectivity index (χ3n) is 1.97. The van der Waals surface area contributed by atoms with Crippen LogP contribution in [-0.2, 0) is 6.42 Å². The largest absolute Gasteiger partial charge is 0.380 e. The average Bonchev–Trinajstić information content (AvgIpc) is 2.63. The molecule has 3 heteroatoms. The summed E-state index contributed by atoms with van der Waals surface area (Å²) in [5.74, 6) is 0.473. The van der Waals surface area contributed by atoms with E-state index in [9.17, 15) is 0 Å². The number of benzene rings is 1. The molecule has 0 radical (unpaired) electrons. The lowest BCUT2D eigenvalue weighted by Crippen LogP contribution is -1.84. The maximum Gasteiger partial charge on any atom is 0.174 e. The monoisotopic (exact) mass is 192 g/mol. The molecule has 0 bridgehead atoms. The molecule has 0 amide bonds. The minimum atomic E-state index is 0.473. The fraction of sp³-hybridized carbons (Fsp3) is 0.364. The van der Waals surface area contributed by atoms with Gasteiger partial charge >= 0.3 is 0 Å². The summed E-state index contributed by atoms with van der Waals surface area (Å²) in [5, 5.41) is 4.59. The Kier molecular flexibility index (Phi) is 3.51. The molecule has 1 heterocycles. The van der Waals surface area contributed by atoms with Crippen molar-refractivity contribution in [3.63, 3.8) is 0 Å². The molecule has 0 fully saturated rings. The van der Waals surface area contributed by atoms with Crippen LogP contribution in [0.3, 0.4) is 0 Å². The van der Waals surface area contributed by atoms with Crippen LogP contribution in [0.1, 0.15) is 26.3 Å². The molecule has 0 aliphatic carbocycles. The number of anilines is 1. The van der Waals surface area contributed by atoms with E-state index in [2.05, 4.69) is 12.1 Å². The van der Waals surface area contributed by atoms with Crippen LogP contribution in [0.2, 0.25) is 0 Å². The maximum atomic E-state index is 5.59. The number of aromatic nitrogens is 1. The van der Waals surface area contributed by atoms with Crippen LogP contribution < -0.4 is 5.73 Å². The fourth-order valence-electron chi connectivity index (χ4n) is 1.22. The van der Waals surface area contributed by atoms with Gasteiger partial charge in [-0.15, -0.1) is 0 Å². The second kappa shape index (κ2) is 4.65. The molecule has 0 spiro atoms. The first-order chi connectivity index (χ1) is 6.81. The molecular weight excluding hydrogens is 176 g/mol. The van der Waals surface area contributed by atoms with Crippen LogP contribution >= 0.6 is 0 Å². The van der Waals surface area contributed by atoms with Crippen LogP contribution in [-0.4, -0.2) is 5.16 Å². The molecule has 2 rings (SSSR count). The Labute approximate surface area is 83.9 Å². The summed E-state index contributed by atoms with van der Waals surface area (Å²) in [6.45, 7) is 6.10. The number of fused-ring (bicyclic) bond motifs is 1. The van der Waals surface area contributed by atoms with E-state index in [0.29, 0.717) is 5.82 Å². The van der Waals surface area contributed by atoms with Gasteiger partial charge in [0.05, 0.1) is 5.39 Å². The summed E-state index contributed by atoms with van der Waals surface area (Å²) in [4.78, 5) is 0. The topological polar surface area (TPSA) is 52.0 Å². The minimum absolute atomic E-state index is 0.473. The molecule has 14 heavy (non-hydrogen) atoms. The van der Waals surface area contributed by atoms with E-state index >= 15 is 0 Å². The van der Waals surface area contributed by atoms with E-state index in [1.165, 1.54) is 5.56 Å². The number of hydrogen-bond acceptors (Lipinski definition) is 3. The Morgan fingerprint density at radius 3 is 2.71 bits per heavy atom. The van der Waals surface area contributed by atoms with Gasteiger partial charge in [-0.3, -0.25) is 0 Å². The van der Waals surface area contributed by atoms with Gasteiger partial charge in [-0.2, -0.15) is 0 Å². The second-order valence-electron chi connectivity index (χ2n) is 2.75. The molecule has 1 aromatic heterocycles. The Morgan fingerprint density at radius 1 is 1.36 bits per heavy atom. The Morgan fingerprint density at radius 2 is 2.07 bits per heavy atom. The fourth-order valence-corrected chi connectivity index (χ4v) is 1.22. The molecule has 0 saturated carbocycles. The Bertz CT molecular complexity index is 407. The number of aryl methyl sites for hydroxylation is 1. The predicted octanol–water partition coefficient (Wildman–Crippen LogP) is 3.00. The molecular formula is C11H16N2O. The molecule has 1 aromatic carbocycles. The normalized spacial score (nSPS) is 9.64. The zero-order valence-corrected chi connectivity index (χ0v) is 8.87. The van der Waals surface area contributed by atoms with Crippen molar-refractivity contribution < 1.29 is 4.52 Å². The zero-order chi connectivity index (χ0) is 10.6. The van der Waals surface area contributed by atoms with Gasteiger partial charge in [0.15, 0.2) is 11.4 Å². The third kappa shape index (κ3) is 1.87. The van der Waals surface area contributed by atoms with Crippen molar-refractivity contribution >= 4 is 16.8 Å². The quantitative estimate of drug-likeness (QED) is 0.755. The van der Waals surface area contributed by atoms with Gasteiger partial charge in [0.2, 0.25) is 0 Å². The summed E-state index contributed by atoms with van der Waals surface area (Å²) in [7, 11) is 0. The smallest absolute Gasteiger partial charge is 0.174 e. The number of nitrogen functional groups attached to an aromatic ring is 1. The second-order valence-corrected chi connectivity index (χ2v) is 2.75. The Balaban J connectivity index is 0.000000461. The van der Waals surface area contributed by atoms with Gasteiger partial charge in [0.25, 0.3) is 0 Å². The number of nitrogens with two attached hydrogens (primary N) is 1. The highest BCUT2D eigenvalue weighted by Gasteiger charge is 2.03. The van der Waals surface area contributed by atoms with Gasteiger partial charge < -0.3 is 10.3 Å². The van der Waals surface area contributed by atoms with E-state index in [0.717, 1.165) is 17.4 Å². The average molecular weight is 192 g/mol. The van der Waals surface area contributed by atoms with Crippen LogP contribution in [0.4, 0.5) is 5.82 Å². The van der Waals surface area contributed by atoms with E-state index in [1.807, 2.05) is 32.0 Å². The first kappa shape index (κ1) is 10.6. The highest BCUT2D eigenvalue weighted by atomic mass is 16.5. The molecule has 76 valence electrons. The summed E-state index contributed by atoms with van der Waals surface area (Å²) in [5.41, 5.74) is 7.60. The van der Waals surface area contributed by atoms with E-state index in [1.54, 1.807) is 0 Å². The van der Waals surface area contributed by atoms with Crippen LogP contribution in [0.25, 0.3) is 11.0 Å². The van der Waals surface area contributed by atoms with Gasteiger partial charge in [-0.25, -0.2) is 0 Å². The highest BCUT2D eigenvalue weighted by molar-refractivity contribution is 5.87. The SMILES string of the molecule is CC.CCc1ccc2onc(N)c2c1. The van der Waals surface area contributed by atoms with E-state index < -0.39 is 0 Å². The molecule has 0 saturated heterocycles. The standard InChI is InChI=1S/C9H10N2O.C2H6/c1-2-6-3-4-8-7(5-6)9(10)11-12-8;1-2/h3-5H,2H2,1H3,(H2,10,11);1-2H3. The maximum absolute atomic E-state index is 5.59. The summed E-state index contributed by atoms with van der Waals surface area (Å²) >= 11 is 0. The number of rotatable bonds is 1. The van der Waals surface area contributed by atoms with Gasteiger partial charge in [-0.05, 0) is 24.1 Å². The molecule has 0 unspecified atom stereocenters. The van der Waals surface area contributed by atoms with Crippen molar-refractivity contribution in [2.45, 2.75) is 27.2 Å². The van der Waals surface area contributed by atoms with Crippen molar-refractivity contribution in [1.29, 1.82) is 0 Å². The van der Waals surface area contributed by atoms with Crippen LogP contribution in [0, 0.1) is 0 Å². The lowest BCUT2D eigenvalue weighted by Gasteiger charge is -1.93. The van der Waals surface area contributed by atoms with Crippen molar-refractivity contribution in [3.05, 3.63) is 23.8 Å². The number of nitrogens with zero attached hydrogens (tertiary/aromatic N) is 1. The lowest BCUT2D eigenvalue weighted by molar-refractivity contribution is 0.460.